The van der Waals surface area contributed by atoms with Crippen LogP contribution in [-0.4, -0.2) is 59.5 Å². The molecular weight excluding hydrogens is 743 g/mol. The summed E-state index contributed by atoms with van der Waals surface area (Å²) in [5.41, 5.74) is 6.80. The second-order valence-electron chi connectivity index (χ2n) is 14.5. The molecule has 13 heteroatoms. The van der Waals surface area contributed by atoms with Gasteiger partial charge >= 0.3 is 0 Å². The number of hydrogen-bond donors (Lipinski definition) is 6. The van der Waals surface area contributed by atoms with E-state index in [1.807, 2.05) is 48.5 Å². The number of fused-ring (bicyclic) bond motifs is 1. The molecule has 4 aromatic carbocycles. The number of carbonyl (C=O) groups is 1. The fourth-order valence-corrected chi connectivity index (χ4v) is 7.39. The smallest absolute Gasteiger partial charge is 0.255 e. The fourth-order valence-electron chi connectivity index (χ4n) is 7.39. The van der Waals surface area contributed by atoms with E-state index in [9.17, 15) is 25.2 Å². The van der Waals surface area contributed by atoms with E-state index in [4.69, 9.17) is 23.8 Å². The van der Waals surface area contributed by atoms with Crippen LogP contribution in [0.4, 0.5) is 5.69 Å². The summed E-state index contributed by atoms with van der Waals surface area (Å²) < 4.78 is 23.0. The second-order valence-corrected chi connectivity index (χ2v) is 14.5. The molecule has 1 amide bonds. The van der Waals surface area contributed by atoms with Crippen LogP contribution < -0.4 is 29.6 Å². The highest BCUT2D eigenvalue weighted by atomic mass is 16.6. The first-order valence-electron chi connectivity index (χ1n) is 20.0. The molecule has 2 heterocycles. The minimum Gasteiger partial charge on any atom is -0.497 e. The molecule has 4 aromatic rings. The molecule has 0 spiro atoms. The lowest BCUT2D eigenvalue weighted by molar-refractivity contribution is 0.0853. The number of unbranched alkanes of at least 4 members (excludes halogenated alkanes) is 7. The van der Waals surface area contributed by atoms with Crippen LogP contribution in [0.2, 0.25) is 0 Å². The predicted molar refractivity (Wildman–Crippen MR) is 219 cm³/mol. The Morgan fingerprint density at radius 2 is 1.29 bits per heavy atom. The number of oxime groups is 1. The van der Waals surface area contributed by atoms with E-state index in [1.165, 1.54) is 0 Å². The van der Waals surface area contributed by atoms with Crippen molar-refractivity contribution in [1.82, 2.24) is 5.32 Å². The number of rotatable bonds is 22. The second kappa shape index (κ2) is 20.9. The zero-order valence-corrected chi connectivity index (χ0v) is 33.3. The first-order chi connectivity index (χ1) is 28.4. The third-order valence-electron chi connectivity index (χ3n) is 10.7. The molecule has 0 radical (unpaired) electrons. The van der Waals surface area contributed by atoms with Crippen LogP contribution in [0.15, 0.2) is 71.9 Å². The number of nitrogens with one attached hydrogen (secondary N) is 2. The van der Waals surface area contributed by atoms with Gasteiger partial charge in [-0.1, -0.05) is 49.7 Å². The normalized spacial score (nSPS) is 15.8. The number of nitrogens with zero attached hydrogens (tertiary/aromatic N) is 1. The van der Waals surface area contributed by atoms with E-state index in [0.717, 1.165) is 79.5 Å². The molecule has 0 fully saturated rings. The van der Waals surface area contributed by atoms with Crippen molar-refractivity contribution >= 4 is 17.3 Å². The number of anilines is 1. The first-order valence-corrected chi connectivity index (χ1v) is 20.0. The quantitative estimate of drug-likeness (QED) is 0.0452. The Balaban J connectivity index is 0.861. The lowest BCUT2D eigenvalue weighted by atomic mass is 9.93. The maximum absolute atomic E-state index is 12.8. The average molecular weight is 798 g/mol. The molecule has 13 nitrogen and oxygen atoms in total. The topological polar surface area (TPSA) is 181 Å². The van der Waals surface area contributed by atoms with Gasteiger partial charge < -0.3 is 54.8 Å². The lowest BCUT2D eigenvalue weighted by Gasteiger charge is -2.29. The number of carbonyl (C=O) groups excluding carboxylic acids is 1. The number of aliphatic hydroxyl groups is 4. The summed E-state index contributed by atoms with van der Waals surface area (Å²) in [7, 11) is 3.18. The molecule has 0 saturated heterocycles. The minimum atomic E-state index is -0.430. The van der Waals surface area contributed by atoms with Gasteiger partial charge in [-0.2, -0.15) is 0 Å². The van der Waals surface area contributed by atoms with Crippen LogP contribution >= 0.6 is 0 Å². The molecule has 0 bridgehead atoms. The Hall–Kier alpha value is -5.34. The molecule has 0 aromatic heterocycles. The van der Waals surface area contributed by atoms with E-state index in [2.05, 4.69) is 15.8 Å². The number of benzene rings is 4. The van der Waals surface area contributed by atoms with Gasteiger partial charge in [0.2, 0.25) is 0 Å². The molecule has 310 valence electrons. The van der Waals surface area contributed by atoms with E-state index < -0.39 is 6.17 Å². The van der Waals surface area contributed by atoms with Crippen LogP contribution in [0.3, 0.4) is 0 Å². The van der Waals surface area contributed by atoms with Crippen LogP contribution in [0.5, 0.6) is 23.0 Å². The zero-order valence-electron chi connectivity index (χ0n) is 33.3. The number of hydrogen-bond acceptors (Lipinski definition) is 12. The molecule has 0 saturated carbocycles. The molecule has 2 aliphatic heterocycles. The third kappa shape index (κ3) is 10.4. The summed E-state index contributed by atoms with van der Waals surface area (Å²) in [5.74, 6) is 2.37. The van der Waals surface area contributed by atoms with E-state index in [-0.39, 0.29) is 38.4 Å². The Labute approximate surface area is 339 Å². The van der Waals surface area contributed by atoms with Gasteiger partial charge in [0, 0.05) is 23.2 Å². The summed E-state index contributed by atoms with van der Waals surface area (Å²) in [5, 5.41) is 50.1. The van der Waals surface area contributed by atoms with E-state index in [1.54, 1.807) is 32.4 Å². The summed E-state index contributed by atoms with van der Waals surface area (Å²) in [6.07, 6.45) is 8.23. The highest BCUT2D eigenvalue weighted by Crippen LogP contribution is 2.36. The average Bonchev–Trinajstić information content (AvgIpc) is 3.76. The van der Waals surface area contributed by atoms with Crippen molar-refractivity contribution < 1.29 is 49.0 Å². The summed E-state index contributed by atoms with van der Waals surface area (Å²) in [6.45, 7) is 0.197. The summed E-state index contributed by atoms with van der Waals surface area (Å²) >= 11 is 0. The monoisotopic (exact) mass is 797 g/mol. The van der Waals surface area contributed by atoms with Crippen molar-refractivity contribution in [3.63, 3.8) is 0 Å². The number of aliphatic hydroxyl groups excluding tert-OH is 4. The zero-order chi connectivity index (χ0) is 40.9. The Bertz CT molecular complexity index is 2010. The maximum Gasteiger partial charge on any atom is 0.255 e. The molecule has 2 aliphatic rings. The molecule has 6 rings (SSSR count). The van der Waals surface area contributed by atoms with E-state index in [0.29, 0.717) is 70.4 Å². The van der Waals surface area contributed by atoms with Crippen LogP contribution in [0.25, 0.3) is 0 Å². The Morgan fingerprint density at radius 1 is 0.655 bits per heavy atom. The van der Waals surface area contributed by atoms with E-state index >= 15 is 0 Å². The first kappa shape index (κ1) is 42.3. The minimum absolute atomic E-state index is 0.167. The molecule has 0 aliphatic carbocycles. The largest absolute Gasteiger partial charge is 0.497 e. The van der Waals surface area contributed by atoms with Crippen molar-refractivity contribution in [2.45, 2.75) is 96.5 Å². The van der Waals surface area contributed by atoms with Gasteiger partial charge in [-0.25, -0.2) is 0 Å². The number of amides is 1. The predicted octanol–water partition coefficient (Wildman–Crippen LogP) is 6.97. The summed E-state index contributed by atoms with van der Waals surface area (Å²) in [4.78, 5) is 18.5. The van der Waals surface area contributed by atoms with Gasteiger partial charge in [0.25, 0.3) is 5.91 Å². The molecule has 2 unspecified atom stereocenters. The third-order valence-corrected chi connectivity index (χ3v) is 10.7. The molecule has 6 N–H and O–H groups in total. The van der Waals surface area contributed by atoms with Crippen molar-refractivity contribution in [2.75, 3.05) is 32.8 Å². The standard InChI is InChI=1S/C45H55N3O10/c1-54-35-13-14-38-36(23-35)45(53)47-44(46-38)30-12-15-40(34(19-30)27-51)56-17-9-7-5-3-4-6-8-10-18-57-43-22-29(11-16-41(43)55-2)39-24-42(58-48-39)31-20-32(25-49)37(28-52)33(21-31)26-50/h11-16,19-23,42,44,46,49-52H,3-10,17-18,24-28H2,1-2H3,(H,47,53). The molecule has 58 heavy (non-hydrogen) atoms. The van der Waals surface area contributed by atoms with Crippen LogP contribution in [0.1, 0.15) is 119 Å². The van der Waals surface area contributed by atoms with Crippen molar-refractivity contribution in [2.24, 2.45) is 5.16 Å². The Morgan fingerprint density at radius 3 is 1.93 bits per heavy atom. The van der Waals surface area contributed by atoms with Crippen molar-refractivity contribution in [3.05, 3.63) is 111 Å². The molecular formula is C45H55N3O10. The summed E-state index contributed by atoms with van der Waals surface area (Å²) in [6, 6.07) is 20.3. The van der Waals surface area contributed by atoms with Gasteiger partial charge in [0.05, 0.1) is 65.1 Å². The van der Waals surface area contributed by atoms with Gasteiger partial charge in [-0.15, -0.1) is 0 Å². The Kier molecular flexibility index (Phi) is 15.2. The van der Waals surface area contributed by atoms with Gasteiger partial charge in [-0.05, 0) is 101 Å². The lowest BCUT2D eigenvalue weighted by Crippen LogP contribution is -2.38. The number of methoxy groups -OCH3 is 2. The maximum atomic E-state index is 12.8. The van der Waals surface area contributed by atoms with Crippen LogP contribution in [0, 0.1) is 0 Å². The van der Waals surface area contributed by atoms with Gasteiger partial charge in [0.15, 0.2) is 17.6 Å². The fraction of sp³-hybridized carbons (Fsp3) is 0.422. The SMILES string of the molecule is COc1ccc2c(c1)C(=O)NC(c1ccc(OCCCCCCCCCCOc3cc(C4=NOC(c5cc(CO)c(CO)c(CO)c5)C4)ccc3OC)c(CO)c1)N2. The molecule has 2 atom stereocenters. The van der Waals surface area contributed by atoms with Crippen LogP contribution in [-0.2, 0) is 31.3 Å². The van der Waals surface area contributed by atoms with Gasteiger partial charge in [-0.3, -0.25) is 4.79 Å². The van der Waals surface area contributed by atoms with Crippen molar-refractivity contribution in [3.8, 4) is 23.0 Å². The highest BCUT2D eigenvalue weighted by Gasteiger charge is 2.27. The number of ether oxygens (including phenoxy) is 4. The van der Waals surface area contributed by atoms with Gasteiger partial charge in [0.1, 0.15) is 17.7 Å². The highest BCUT2D eigenvalue weighted by molar-refractivity contribution is 6.02. The van der Waals surface area contributed by atoms with Crippen molar-refractivity contribution in [1.29, 1.82) is 0 Å².